The van der Waals surface area contributed by atoms with Crippen LogP contribution in [-0.2, 0) is 4.74 Å². The normalized spacial score (nSPS) is 20.3. The molecule has 5 aromatic rings. The zero-order valence-corrected chi connectivity index (χ0v) is 22.7. The summed E-state index contributed by atoms with van der Waals surface area (Å²) in [6.07, 6.45) is 14.3. The van der Waals surface area contributed by atoms with Crippen LogP contribution in [0.5, 0.6) is 0 Å². The molecule has 2 atom stereocenters. The molecule has 0 saturated heterocycles. The van der Waals surface area contributed by atoms with E-state index in [9.17, 15) is 5.26 Å². The number of nitriles is 1. The molecule has 0 spiro atoms. The van der Waals surface area contributed by atoms with Crippen LogP contribution in [0.25, 0.3) is 44.9 Å². The van der Waals surface area contributed by atoms with Crippen molar-refractivity contribution >= 4 is 17.0 Å². The third-order valence-corrected chi connectivity index (χ3v) is 8.79. The zero-order chi connectivity index (χ0) is 27.6. The summed E-state index contributed by atoms with van der Waals surface area (Å²) in [4.78, 5) is 4.15. The molecule has 0 N–H and O–H groups in total. The molecule has 0 bridgehead atoms. The van der Waals surface area contributed by atoms with Crippen LogP contribution in [0.1, 0.15) is 42.5 Å². The minimum absolute atomic E-state index is 0.129. The van der Waals surface area contributed by atoms with E-state index in [1.165, 1.54) is 27.7 Å². The number of hydrogen-bond donors (Lipinski definition) is 0. The molecule has 3 aromatic carbocycles. The average Bonchev–Trinajstić information content (AvgIpc) is 3.52. The summed E-state index contributed by atoms with van der Waals surface area (Å²) >= 11 is 0. The van der Waals surface area contributed by atoms with E-state index in [0.29, 0.717) is 5.56 Å². The summed E-state index contributed by atoms with van der Waals surface area (Å²) in [5, 5.41) is 11.0. The number of aromatic nitrogens is 2. The average molecular weight is 530 g/mol. The molecule has 8 rings (SSSR count). The van der Waals surface area contributed by atoms with Gasteiger partial charge in [0.1, 0.15) is 17.4 Å². The Morgan fingerprint density at radius 1 is 0.951 bits per heavy atom. The molecule has 2 aliphatic carbocycles. The van der Waals surface area contributed by atoms with Crippen LogP contribution < -0.4 is 0 Å². The molecule has 2 aromatic heterocycles. The molecule has 4 nitrogen and oxygen atoms in total. The maximum atomic E-state index is 9.71. The fourth-order valence-electron chi connectivity index (χ4n) is 7.01. The number of hydrogen-bond acceptors (Lipinski definition) is 3. The fraction of sp³-hybridized carbons (Fsp3) is 0.135. The molecule has 3 aliphatic rings. The SMILES string of the molecule is CC12C=Cc3c(n(-c4ccccc4-c4cccc(-c5ccncc5C#N)c4)c4ccccc34)C1C1=C(C=CCC1)O2. The lowest BCUT2D eigenvalue weighted by atomic mass is 9.75. The van der Waals surface area contributed by atoms with Gasteiger partial charge >= 0.3 is 0 Å². The van der Waals surface area contributed by atoms with E-state index >= 15 is 0 Å². The Morgan fingerprint density at radius 3 is 2.68 bits per heavy atom. The van der Waals surface area contributed by atoms with E-state index in [2.05, 4.69) is 120 Å². The first-order valence-electron chi connectivity index (χ1n) is 14.1. The van der Waals surface area contributed by atoms with Gasteiger partial charge in [-0.15, -0.1) is 0 Å². The third-order valence-electron chi connectivity index (χ3n) is 8.79. The van der Waals surface area contributed by atoms with Gasteiger partial charge in [0.15, 0.2) is 0 Å². The molecule has 4 heteroatoms. The largest absolute Gasteiger partial charge is 0.482 e. The van der Waals surface area contributed by atoms with Gasteiger partial charge in [0.05, 0.1) is 22.7 Å². The molecule has 0 saturated carbocycles. The molecule has 1 aliphatic heterocycles. The quantitative estimate of drug-likeness (QED) is 0.235. The Labute approximate surface area is 239 Å². The predicted octanol–water partition coefficient (Wildman–Crippen LogP) is 8.73. The Bertz CT molecular complexity index is 2020. The van der Waals surface area contributed by atoms with Crippen molar-refractivity contribution in [2.24, 2.45) is 0 Å². The van der Waals surface area contributed by atoms with Gasteiger partial charge in [-0.3, -0.25) is 4.98 Å². The molecule has 196 valence electrons. The van der Waals surface area contributed by atoms with Crippen LogP contribution in [-0.4, -0.2) is 15.2 Å². The standard InChI is InChI=1S/C37H27N3O/c1-37-19-17-30-29-12-3-6-15-33(29)40(36(30)35(37)31-13-4-7-16-34(31)41-37)32-14-5-2-11-28(32)25-10-8-9-24(21-25)27-18-20-39-23-26(27)22-38/h2-3,5-12,14-21,23,35H,4,13H2,1H3. The van der Waals surface area contributed by atoms with E-state index in [0.717, 1.165) is 46.5 Å². The number of benzene rings is 3. The first-order chi connectivity index (χ1) is 20.2. The first kappa shape index (κ1) is 23.7. The maximum absolute atomic E-state index is 9.71. The van der Waals surface area contributed by atoms with Gasteiger partial charge < -0.3 is 9.30 Å². The van der Waals surface area contributed by atoms with Crippen LogP contribution in [0.3, 0.4) is 0 Å². The minimum atomic E-state index is -0.428. The lowest BCUT2D eigenvalue weighted by Gasteiger charge is -2.34. The van der Waals surface area contributed by atoms with Crippen molar-refractivity contribution in [2.75, 3.05) is 0 Å². The van der Waals surface area contributed by atoms with Crippen molar-refractivity contribution in [3.05, 3.63) is 138 Å². The second-order valence-corrected chi connectivity index (χ2v) is 11.2. The fourth-order valence-corrected chi connectivity index (χ4v) is 7.01. The lowest BCUT2D eigenvalue weighted by Crippen LogP contribution is -2.33. The van der Waals surface area contributed by atoms with Crippen LogP contribution in [0.2, 0.25) is 0 Å². The highest BCUT2D eigenvalue weighted by Crippen LogP contribution is 2.55. The molecule has 41 heavy (non-hydrogen) atoms. The summed E-state index contributed by atoms with van der Waals surface area (Å²) < 4.78 is 9.14. The topological polar surface area (TPSA) is 50.8 Å². The van der Waals surface area contributed by atoms with Crippen molar-refractivity contribution in [1.82, 2.24) is 9.55 Å². The van der Waals surface area contributed by atoms with Crippen molar-refractivity contribution in [2.45, 2.75) is 31.3 Å². The van der Waals surface area contributed by atoms with E-state index in [-0.39, 0.29) is 5.92 Å². The van der Waals surface area contributed by atoms with Gasteiger partial charge in [0.2, 0.25) is 0 Å². The van der Waals surface area contributed by atoms with Gasteiger partial charge in [-0.2, -0.15) is 5.26 Å². The number of fused-ring (bicyclic) bond motifs is 6. The second-order valence-electron chi connectivity index (χ2n) is 11.2. The van der Waals surface area contributed by atoms with Crippen molar-refractivity contribution in [3.63, 3.8) is 0 Å². The summed E-state index contributed by atoms with van der Waals surface area (Å²) in [6.45, 7) is 2.22. The molecular weight excluding hydrogens is 502 g/mol. The van der Waals surface area contributed by atoms with E-state index in [4.69, 9.17) is 4.74 Å². The van der Waals surface area contributed by atoms with Gasteiger partial charge in [0.25, 0.3) is 0 Å². The number of nitrogens with zero attached hydrogens (tertiary/aromatic N) is 3. The van der Waals surface area contributed by atoms with E-state index in [1.807, 2.05) is 6.07 Å². The third kappa shape index (κ3) is 3.49. The van der Waals surface area contributed by atoms with Gasteiger partial charge in [-0.25, -0.2) is 0 Å². The van der Waals surface area contributed by atoms with Crippen molar-refractivity contribution in [1.29, 1.82) is 5.26 Å². The van der Waals surface area contributed by atoms with Crippen LogP contribution in [0, 0.1) is 11.3 Å². The van der Waals surface area contributed by atoms with Gasteiger partial charge in [0, 0.05) is 40.2 Å². The molecule has 2 unspecified atom stereocenters. The van der Waals surface area contributed by atoms with E-state index < -0.39 is 5.60 Å². The Balaban J connectivity index is 1.38. The summed E-state index contributed by atoms with van der Waals surface area (Å²) in [6, 6.07) is 30.1. The summed E-state index contributed by atoms with van der Waals surface area (Å²) in [5.74, 6) is 1.16. The summed E-state index contributed by atoms with van der Waals surface area (Å²) in [7, 11) is 0. The maximum Gasteiger partial charge on any atom is 0.137 e. The number of rotatable bonds is 3. The lowest BCUT2D eigenvalue weighted by molar-refractivity contribution is 0.0807. The molecule has 0 fully saturated rings. The van der Waals surface area contributed by atoms with E-state index in [1.54, 1.807) is 12.4 Å². The smallest absolute Gasteiger partial charge is 0.137 e. The Hall–Kier alpha value is -5.14. The Morgan fingerprint density at radius 2 is 1.78 bits per heavy atom. The highest BCUT2D eigenvalue weighted by molar-refractivity contribution is 5.96. The monoisotopic (exact) mass is 529 g/mol. The predicted molar refractivity (Wildman–Crippen MR) is 163 cm³/mol. The first-order valence-corrected chi connectivity index (χ1v) is 14.1. The number of ether oxygens (including phenoxy) is 1. The minimum Gasteiger partial charge on any atom is -0.482 e. The highest BCUT2D eigenvalue weighted by atomic mass is 16.5. The summed E-state index contributed by atoms with van der Waals surface area (Å²) in [5.41, 5.74) is 10.6. The zero-order valence-electron chi connectivity index (χ0n) is 22.7. The molecule has 0 amide bonds. The number of allylic oxidation sites excluding steroid dienone is 2. The van der Waals surface area contributed by atoms with Crippen LogP contribution >= 0.6 is 0 Å². The Kier molecular flexibility index (Phi) is 5.17. The van der Waals surface area contributed by atoms with Crippen LogP contribution in [0.4, 0.5) is 0 Å². The van der Waals surface area contributed by atoms with Crippen molar-refractivity contribution in [3.8, 4) is 34.0 Å². The number of para-hydroxylation sites is 2. The van der Waals surface area contributed by atoms with Crippen LogP contribution in [0.15, 0.2) is 121 Å². The second kappa shape index (κ2) is 8.94. The molecule has 3 heterocycles. The van der Waals surface area contributed by atoms with Gasteiger partial charge in [-0.1, -0.05) is 66.7 Å². The molecule has 0 radical (unpaired) electrons. The van der Waals surface area contributed by atoms with Gasteiger partial charge in [-0.05, 0) is 72.9 Å². The highest BCUT2D eigenvalue weighted by Gasteiger charge is 2.49. The molecular formula is C37H27N3O. The van der Waals surface area contributed by atoms with Crippen molar-refractivity contribution < 1.29 is 4.74 Å². The number of pyridine rings is 1.